The highest BCUT2D eigenvalue weighted by molar-refractivity contribution is 4.95. The number of nitrogens with one attached hydrogen (secondary N) is 1. The summed E-state index contributed by atoms with van der Waals surface area (Å²) in [6.07, 6.45) is 5.16. The molecule has 1 aliphatic heterocycles. The van der Waals surface area contributed by atoms with E-state index in [1.807, 2.05) is 6.92 Å². The zero-order valence-corrected chi connectivity index (χ0v) is 10.2. The largest absolute Gasteiger partial charge is 0.314 e. The van der Waals surface area contributed by atoms with Crippen LogP contribution in [0.15, 0.2) is 0 Å². The molecular weight excluding hydrogens is 184 g/mol. The summed E-state index contributed by atoms with van der Waals surface area (Å²) in [4.78, 5) is 2.60. The fourth-order valence-electron chi connectivity index (χ4n) is 2.08. The number of likely N-dealkylation sites (tertiary alicyclic amines) is 1. The maximum absolute atomic E-state index is 3.47. The van der Waals surface area contributed by atoms with Crippen LogP contribution >= 0.6 is 0 Å². The van der Waals surface area contributed by atoms with E-state index in [4.69, 9.17) is 0 Å². The van der Waals surface area contributed by atoms with Crippen LogP contribution in [0, 0.1) is 11.8 Å². The van der Waals surface area contributed by atoms with Crippen molar-refractivity contribution in [2.75, 3.05) is 26.2 Å². The molecule has 0 amide bonds. The van der Waals surface area contributed by atoms with E-state index in [9.17, 15) is 0 Å². The van der Waals surface area contributed by atoms with Crippen molar-refractivity contribution in [3.8, 4) is 11.8 Å². The van der Waals surface area contributed by atoms with Gasteiger partial charge in [0.2, 0.25) is 0 Å². The third-order valence-electron chi connectivity index (χ3n) is 3.06. The average Bonchev–Trinajstić information content (AvgIpc) is 2.30. The molecule has 86 valence electrons. The molecule has 0 aromatic carbocycles. The molecule has 0 radical (unpaired) electrons. The van der Waals surface area contributed by atoms with Gasteiger partial charge in [-0.25, -0.2) is 0 Å². The van der Waals surface area contributed by atoms with Crippen LogP contribution in [-0.4, -0.2) is 37.1 Å². The Morgan fingerprint density at radius 3 is 2.67 bits per heavy atom. The van der Waals surface area contributed by atoms with Crippen molar-refractivity contribution >= 4 is 0 Å². The Kier molecular flexibility index (Phi) is 6.47. The Hall–Kier alpha value is -0.520. The molecule has 1 unspecified atom stereocenters. The Morgan fingerprint density at radius 1 is 1.27 bits per heavy atom. The Labute approximate surface area is 94.4 Å². The van der Waals surface area contributed by atoms with Gasteiger partial charge in [-0.1, -0.05) is 6.42 Å². The minimum Gasteiger partial charge on any atom is -0.314 e. The minimum absolute atomic E-state index is 0.680. The van der Waals surface area contributed by atoms with E-state index in [1.54, 1.807) is 0 Å². The van der Waals surface area contributed by atoms with Gasteiger partial charge in [-0.15, -0.1) is 11.8 Å². The van der Waals surface area contributed by atoms with Crippen LogP contribution in [0.3, 0.4) is 0 Å². The van der Waals surface area contributed by atoms with Gasteiger partial charge in [0.1, 0.15) is 0 Å². The van der Waals surface area contributed by atoms with Crippen LogP contribution in [0.4, 0.5) is 0 Å². The first-order valence-corrected chi connectivity index (χ1v) is 6.19. The number of piperidine rings is 1. The SMILES string of the molecule is CC#CCCNCC(C)N1CCCCC1. The predicted octanol–water partition coefficient (Wildman–Crippen LogP) is 1.86. The van der Waals surface area contributed by atoms with Crippen molar-refractivity contribution in [3.05, 3.63) is 0 Å². The van der Waals surface area contributed by atoms with Crippen molar-refractivity contribution in [2.45, 2.75) is 45.6 Å². The van der Waals surface area contributed by atoms with Gasteiger partial charge in [0.05, 0.1) is 0 Å². The second-order valence-electron chi connectivity index (χ2n) is 4.33. The van der Waals surface area contributed by atoms with Crippen LogP contribution < -0.4 is 5.32 Å². The summed E-state index contributed by atoms with van der Waals surface area (Å²) < 4.78 is 0. The Morgan fingerprint density at radius 2 is 2.00 bits per heavy atom. The number of nitrogens with zero attached hydrogens (tertiary/aromatic N) is 1. The van der Waals surface area contributed by atoms with E-state index in [0.717, 1.165) is 19.5 Å². The molecule has 1 rings (SSSR count). The third-order valence-corrected chi connectivity index (χ3v) is 3.06. The summed E-state index contributed by atoms with van der Waals surface area (Å²) in [5, 5.41) is 3.47. The summed E-state index contributed by atoms with van der Waals surface area (Å²) in [5.41, 5.74) is 0. The normalized spacial score (nSPS) is 19.3. The third kappa shape index (κ3) is 5.20. The molecule has 1 heterocycles. The smallest absolute Gasteiger partial charge is 0.0214 e. The van der Waals surface area contributed by atoms with E-state index in [0.29, 0.717) is 6.04 Å². The number of hydrogen-bond donors (Lipinski definition) is 1. The number of rotatable bonds is 5. The molecule has 0 aromatic rings. The topological polar surface area (TPSA) is 15.3 Å². The van der Waals surface area contributed by atoms with Crippen LogP contribution in [0.1, 0.15) is 39.5 Å². The van der Waals surface area contributed by atoms with Crippen molar-refractivity contribution in [2.24, 2.45) is 0 Å². The lowest BCUT2D eigenvalue weighted by atomic mass is 10.1. The lowest BCUT2D eigenvalue weighted by molar-refractivity contribution is 0.171. The summed E-state index contributed by atoms with van der Waals surface area (Å²) >= 11 is 0. The molecule has 0 saturated carbocycles. The quantitative estimate of drug-likeness (QED) is 0.548. The summed E-state index contributed by atoms with van der Waals surface area (Å²) in [6, 6.07) is 0.680. The van der Waals surface area contributed by atoms with Gasteiger partial charge in [-0.05, 0) is 39.8 Å². The maximum Gasteiger partial charge on any atom is 0.0214 e. The molecule has 1 N–H and O–H groups in total. The fraction of sp³-hybridized carbons (Fsp3) is 0.846. The standard InChI is InChI=1S/C13H24N2/c1-3-4-6-9-14-12-13(2)15-10-7-5-8-11-15/h13-14H,5-12H2,1-2H3. The molecule has 1 fully saturated rings. The van der Waals surface area contributed by atoms with Gasteiger partial charge in [0.15, 0.2) is 0 Å². The van der Waals surface area contributed by atoms with Gasteiger partial charge in [-0.3, -0.25) is 4.90 Å². The van der Waals surface area contributed by atoms with Crippen LogP contribution in [0.2, 0.25) is 0 Å². The molecule has 0 spiro atoms. The van der Waals surface area contributed by atoms with Gasteiger partial charge in [-0.2, -0.15) is 0 Å². The zero-order chi connectivity index (χ0) is 10.9. The lowest BCUT2D eigenvalue weighted by Gasteiger charge is -2.32. The summed E-state index contributed by atoms with van der Waals surface area (Å²) in [5.74, 6) is 5.99. The lowest BCUT2D eigenvalue weighted by Crippen LogP contribution is -2.43. The Bertz CT molecular complexity index is 208. The molecule has 0 aliphatic carbocycles. The van der Waals surface area contributed by atoms with E-state index < -0.39 is 0 Å². The highest BCUT2D eigenvalue weighted by atomic mass is 15.2. The molecule has 1 atom stereocenters. The van der Waals surface area contributed by atoms with Gasteiger partial charge in [0, 0.05) is 25.6 Å². The monoisotopic (exact) mass is 208 g/mol. The van der Waals surface area contributed by atoms with E-state index in [-0.39, 0.29) is 0 Å². The highest BCUT2D eigenvalue weighted by Crippen LogP contribution is 2.11. The second kappa shape index (κ2) is 7.73. The first-order chi connectivity index (χ1) is 7.34. The molecule has 2 heteroatoms. The van der Waals surface area contributed by atoms with Crippen LogP contribution in [0.5, 0.6) is 0 Å². The van der Waals surface area contributed by atoms with Crippen LogP contribution in [0.25, 0.3) is 0 Å². The van der Waals surface area contributed by atoms with Crippen molar-refractivity contribution in [3.63, 3.8) is 0 Å². The van der Waals surface area contributed by atoms with Gasteiger partial charge in [0.25, 0.3) is 0 Å². The molecule has 15 heavy (non-hydrogen) atoms. The Balaban J connectivity index is 2.05. The maximum atomic E-state index is 3.47. The first kappa shape index (κ1) is 12.5. The van der Waals surface area contributed by atoms with E-state index in [1.165, 1.54) is 32.4 Å². The zero-order valence-electron chi connectivity index (χ0n) is 10.2. The predicted molar refractivity (Wildman–Crippen MR) is 65.8 cm³/mol. The van der Waals surface area contributed by atoms with Crippen LogP contribution in [-0.2, 0) is 0 Å². The van der Waals surface area contributed by atoms with E-state index >= 15 is 0 Å². The molecule has 1 saturated heterocycles. The van der Waals surface area contributed by atoms with Crippen molar-refractivity contribution in [1.29, 1.82) is 0 Å². The van der Waals surface area contributed by atoms with Crippen molar-refractivity contribution < 1.29 is 0 Å². The molecule has 2 nitrogen and oxygen atoms in total. The number of hydrogen-bond acceptors (Lipinski definition) is 2. The van der Waals surface area contributed by atoms with E-state index in [2.05, 4.69) is 29.0 Å². The summed E-state index contributed by atoms with van der Waals surface area (Å²) in [6.45, 7) is 8.93. The average molecular weight is 208 g/mol. The molecule has 1 aliphatic rings. The molecule has 0 bridgehead atoms. The molecular formula is C13H24N2. The molecule has 0 aromatic heterocycles. The van der Waals surface area contributed by atoms with Crippen molar-refractivity contribution in [1.82, 2.24) is 10.2 Å². The van der Waals surface area contributed by atoms with Gasteiger partial charge >= 0.3 is 0 Å². The fourth-order valence-corrected chi connectivity index (χ4v) is 2.08. The summed E-state index contributed by atoms with van der Waals surface area (Å²) in [7, 11) is 0. The first-order valence-electron chi connectivity index (χ1n) is 6.19. The highest BCUT2D eigenvalue weighted by Gasteiger charge is 2.15. The second-order valence-corrected chi connectivity index (χ2v) is 4.33. The minimum atomic E-state index is 0.680. The van der Waals surface area contributed by atoms with Gasteiger partial charge < -0.3 is 5.32 Å².